The lowest BCUT2D eigenvalue weighted by Crippen LogP contribution is -2.27. The number of carbonyl (C=O) groups excluding carboxylic acids is 1. The zero-order valence-corrected chi connectivity index (χ0v) is 11.9. The van der Waals surface area contributed by atoms with Crippen molar-refractivity contribution in [3.8, 4) is 0 Å². The maximum absolute atomic E-state index is 12.2. The fraction of sp³-hybridized carbons (Fsp3) is 0.500. The van der Waals surface area contributed by atoms with E-state index in [1.165, 1.54) is 4.68 Å². The van der Waals surface area contributed by atoms with Gasteiger partial charge in [0.15, 0.2) is 5.82 Å². The summed E-state index contributed by atoms with van der Waals surface area (Å²) in [5, 5.41) is 14.8. The van der Waals surface area contributed by atoms with Crippen molar-refractivity contribution in [3.63, 3.8) is 0 Å². The third-order valence-electron chi connectivity index (χ3n) is 3.15. The van der Waals surface area contributed by atoms with Gasteiger partial charge in [0, 0.05) is 13.6 Å². The third kappa shape index (κ3) is 2.49. The summed E-state index contributed by atoms with van der Waals surface area (Å²) in [6, 6.07) is 0. The second kappa shape index (κ2) is 5.72. The van der Waals surface area contributed by atoms with E-state index in [0.29, 0.717) is 30.2 Å². The number of nitrogens with one attached hydrogen (secondary N) is 1. The third-order valence-corrected chi connectivity index (χ3v) is 3.15. The molecule has 108 valence electrons. The van der Waals surface area contributed by atoms with Gasteiger partial charge in [0.2, 0.25) is 0 Å². The Morgan fingerprint density at radius 3 is 2.80 bits per heavy atom. The van der Waals surface area contributed by atoms with Gasteiger partial charge in [-0.2, -0.15) is 5.10 Å². The van der Waals surface area contributed by atoms with E-state index in [0.717, 1.165) is 12.2 Å². The minimum Gasteiger partial charge on any atom is -0.395 e. The van der Waals surface area contributed by atoms with E-state index < -0.39 is 0 Å². The fourth-order valence-electron chi connectivity index (χ4n) is 2.05. The number of carbonyl (C=O) groups is 1. The standard InChI is InChI=1S/C12H19N7O/c1-4-8-10(13)11(18(3)17-8)12(20)14-6-9-16-15-7-19(9)5-2/h7H,4-6,13H2,1-3H3,(H,14,20). The summed E-state index contributed by atoms with van der Waals surface area (Å²) >= 11 is 0. The summed E-state index contributed by atoms with van der Waals surface area (Å²) in [7, 11) is 1.71. The fourth-order valence-corrected chi connectivity index (χ4v) is 2.05. The Bertz CT molecular complexity index is 613. The normalized spacial score (nSPS) is 10.8. The molecule has 0 aromatic carbocycles. The molecule has 0 unspecified atom stereocenters. The Labute approximate surface area is 117 Å². The smallest absolute Gasteiger partial charge is 0.272 e. The van der Waals surface area contributed by atoms with E-state index in [-0.39, 0.29) is 5.91 Å². The SMILES string of the molecule is CCc1nn(C)c(C(=O)NCc2nncn2CC)c1N. The molecule has 0 spiro atoms. The number of aryl methyl sites for hydroxylation is 3. The molecule has 0 aliphatic heterocycles. The van der Waals surface area contributed by atoms with Crippen LogP contribution in [0.15, 0.2) is 6.33 Å². The highest BCUT2D eigenvalue weighted by Crippen LogP contribution is 2.16. The van der Waals surface area contributed by atoms with E-state index in [9.17, 15) is 4.79 Å². The minimum atomic E-state index is -0.261. The monoisotopic (exact) mass is 277 g/mol. The average molecular weight is 277 g/mol. The second-order valence-corrected chi connectivity index (χ2v) is 4.40. The van der Waals surface area contributed by atoms with Crippen LogP contribution in [0.25, 0.3) is 0 Å². The number of hydrogen-bond donors (Lipinski definition) is 2. The lowest BCUT2D eigenvalue weighted by molar-refractivity contribution is 0.0941. The molecule has 2 heterocycles. The highest BCUT2D eigenvalue weighted by atomic mass is 16.2. The van der Waals surface area contributed by atoms with Crippen molar-refractivity contribution in [1.82, 2.24) is 29.9 Å². The van der Waals surface area contributed by atoms with Crippen LogP contribution in [0.1, 0.15) is 35.9 Å². The van der Waals surface area contributed by atoms with Crippen LogP contribution in [-0.2, 0) is 26.6 Å². The van der Waals surface area contributed by atoms with Gasteiger partial charge in [-0.3, -0.25) is 9.48 Å². The molecular weight excluding hydrogens is 258 g/mol. The molecule has 0 saturated heterocycles. The zero-order chi connectivity index (χ0) is 14.7. The molecule has 0 fully saturated rings. The first-order chi connectivity index (χ1) is 9.58. The second-order valence-electron chi connectivity index (χ2n) is 4.40. The van der Waals surface area contributed by atoms with E-state index in [2.05, 4.69) is 20.6 Å². The number of hydrogen-bond acceptors (Lipinski definition) is 5. The molecule has 2 rings (SSSR count). The highest BCUT2D eigenvalue weighted by molar-refractivity contribution is 5.97. The summed E-state index contributed by atoms with van der Waals surface area (Å²) in [6.45, 7) is 5.00. The summed E-state index contributed by atoms with van der Waals surface area (Å²) < 4.78 is 3.37. The van der Waals surface area contributed by atoms with Crippen molar-refractivity contribution in [3.05, 3.63) is 23.5 Å². The molecule has 0 radical (unpaired) electrons. The van der Waals surface area contributed by atoms with Crippen molar-refractivity contribution in [1.29, 1.82) is 0 Å². The number of rotatable bonds is 5. The topological polar surface area (TPSA) is 104 Å². The predicted octanol–water partition coefficient (Wildman–Crippen LogP) is 0.106. The van der Waals surface area contributed by atoms with Gasteiger partial charge in [-0.1, -0.05) is 6.92 Å². The van der Waals surface area contributed by atoms with E-state index in [4.69, 9.17) is 5.73 Å². The van der Waals surface area contributed by atoms with Crippen LogP contribution in [-0.4, -0.2) is 30.5 Å². The largest absolute Gasteiger partial charge is 0.395 e. The van der Waals surface area contributed by atoms with Gasteiger partial charge in [0.05, 0.1) is 17.9 Å². The van der Waals surface area contributed by atoms with Gasteiger partial charge in [-0.25, -0.2) is 0 Å². The summed E-state index contributed by atoms with van der Waals surface area (Å²) in [6.07, 6.45) is 2.33. The number of nitrogen functional groups attached to an aromatic ring is 1. The van der Waals surface area contributed by atoms with Crippen LogP contribution in [0, 0.1) is 0 Å². The van der Waals surface area contributed by atoms with E-state index in [1.54, 1.807) is 13.4 Å². The highest BCUT2D eigenvalue weighted by Gasteiger charge is 2.19. The molecule has 2 aromatic heterocycles. The first kappa shape index (κ1) is 14.0. The van der Waals surface area contributed by atoms with Crippen LogP contribution < -0.4 is 11.1 Å². The Hall–Kier alpha value is -2.38. The molecule has 8 heteroatoms. The average Bonchev–Trinajstić information content (AvgIpc) is 3.00. The van der Waals surface area contributed by atoms with Crippen LogP contribution in [0.2, 0.25) is 0 Å². The molecule has 0 saturated carbocycles. The Balaban J connectivity index is 2.11. The van der Waals surface area contributed by atoms with Gasteiger partial charge in [0.25, 0.3) is 5.91 Å². The van der Waals surface area contributed by atoms with E-state index in [1.807, 2.05) is 18.4 Å². The Morgan fingerprint density at radius 1 is 1.45 bits per heavy atom. The molecule has 20 heavy (non-hydrogen) atoms. The van der Waals surface area contributed by atoms with Gasteiger partial charge < -0.3 is 15.6 Å². The van der Waals surface area contributed by atoms with Crippen molar-refractivity contribution in [2.75, 3.05) is 5.73 Å². The molecular formula is C12H19N7O. The van der Waals surface area contributed by atoms with Crippen LogP contribution in [0.3, 0.4) is 0 Å². The number of nitrogens with zero attached hydrogens (tertiary/aromatic N) is 5. The molecule has 0 bridgehead atoms. The zero-order valence-electron chi connectivity index (χ0n) is 11.9. The lowest BCUT2D eigenvalue weighted by Gasteiger charge is -2.06. The van der Waals surface area contributed by atoms with Crippen LogP contribution in [0.4, 0.5) is 5.69 Å². The first-order valence-electron chi connectivity index (χ1n) is 6.54. The van der Waals surface area contributed by atoms with Crippen molar-refractivity contribution < 1.29 is 4.79 Å². The Kier molecular flexibility index (Phi) is 4.02. The molecule has 0 atom stereocenters. The van der Waals surface area contributed by atoms with Crippen molar-refractivity contribution >= 4 is 11.6 Å². The number of nitrogens with two attached hydrogens (primary N) is 1. The van der Waals surface area contributed by atoms with Crippen LogP contribution in [0.5, 0.6) is 0 Å². The number of anilines is 1. The molecule has 3 N–H and O–H groups in total. The summed E-state index contributed by atoms with van der Waals surface area (Å²) in [5.74, 6) is 0.445. The molecule has 8 nitrogen and oxygen atoms in total. The Morgan fingerprint density at radius 2 is 2.20 bits per heavy atom. The molecule has 1 amide bonds. The van der Waals surface area contributed by atoms with Crippen molar-refractivity contribution in [2.24, 2.45) is 7.05 Å². The van der Waals surface area contributed by atoms with Gasteiger partial charge in [-0.05, 0) is 13.3 Å². The molecule has 2 aromatic rings. The van der Waals surface area contributed by atoms with Gasteiger partial charge in [-0.15, -0.1) is 10.2 Å². The number of aromatic nitrogens is 5. The summed E-state index contributed by atoms with van der Waals surface area (Å²) in [5.41, 5.74) is 7.49. The maximum atomic E-state index is 12.2. The quantitative estimate of drug-likeness (QED) is 0.807. The first-order valence-corrected chi connectivity index (χ1v) is 6.54. The molecule has 0 aliphatic rings. The predicted molar refractivity (Wildman–Crippen MR) is 73.9 cm³/mol. The minimum absolute atomic E-state index is 0.261. The summed E-state index contributed by atoms with van der Waals surface area (Å²) in [4.78, 5) is 12.2. The molecule has 0 aliphatic carbocycles. The van der Waals surface area contributed by atoms with Gasteiger partial charge in [0.1, 0.15) is 12.0 Å². The maximum Gasteiger partial charge on any atom is 0.272 e. The van der Waals surface area contributed by atoms with Crippen molar-refractivity contribution in [2.45, 2.75) is 33.4 Å². The van der Waals surface area contributed by atoms with E-state index >= 15 is 0 Å². The number of amides is 1. The lowest BCUT2D eigenvalue weighted by atomic mass is 10.2. The van der Waals surface area contributed by atoms with Gasteiger partial charge >= 0.3 is 0 Å². The van der Waals surface area contributed by atoms with Crippen LogP contribution >= 0.6 is 0 Å².